The van der Waals surface area contributed by atoms with E-state index in [0.717, 1.165) is 32.8 Å². The molecule has 6 nitrogen and oxygen atoms in total. The maximum atomic E-state index is 11.7. The van der Waals surface area contributed by atoms with Crippen molar-refractivity contribution in [2.45, 2.75) is 0 Å². The fourth-order valence-corrected chi connectivity index (χ4v) is 1.85. The van der Waals surface area contributed by atoms with E-state index in [2.05, 4.69) is 15.2 Å². The molecule has 1 aliphatic heterocycles. The molecule has 0 radical (unpaired) electrons. The van der Waals surface area contributed by atoms with Crippen molar-refractivity contribution >= 4 is 5.91 Å². The SMILES string of the molecule is O=C(NCCN1CCOCC1)c1ccc[nH]c1=O. The number of nitrogens with one attached hydrogen (secondary N) is 2. The van der Waals surface area contributed by atoms with E-state index in [1.807, 2.05) is 0 Å². The maximum absolute atomic E-state index is 11.7. The van der Waals surface area contributed by atoms with Crippen LogP contribution in [0.5, 0.6) is 0 Å². The van der Waals surface area contributed by atoms with Crippen LogP contribution >= 0.6 is 0 Å². The molecule has 1 aromatic rings. The van der Waals surface area contributed by atoms with Gasteiger partial charge in [0.2, 0.25) is 0 Å². The van der Waals surface area contributed by atoms with Gasteiger partial charge < -0.3 is 15.0 Å². The summed E-state index contributed by atoms with van der Waals surface area (Å²) in [5, 5.41) is 2.75. The topological polar surface area (TPSA) is 74.4 Å². The number of nitrogens with zero attached hydrogens (tertiary/aromatic N) is 1. The fourth-order valence-electron chi connectivity index (χ4n) is 1.85. The number of amides is 1. The molecule has 1 amide bonds. The lowest BCUT2D eigenvalue weighted by Gasteiger charge is -2.26. The van der Waals surface area contributed by atoms with Gasteiger partial charge in [0.25, 0.3) is 11.5 Å². The van der Waals surface area contributed by atoms with Crippen LogP contribution in [0, 0.1) is 0 Å². The first-order valence-electron chi connectivity index (χ1n) is 6.03. The minimum atomic E-state index is -0.360. The second kappa shape index (κ2) is 6.32. The van der Waals surface area contributed by atoms with Crippen LogP contribution in [0.4, 0.5) is 0 Å². The third-order valence-corrected chi connectivity index (χ3v) is 2.88. The van der Waals surface area contributed by atoms with Crippen molar-refractivity contribution in [2.75, 3.05) is 39.4 Å². The minimum Gasteiger partial charge on any atom is -0.379 e. The van der Waals surface area contributed by atoms with Crippen molar-refractivity contribution in [1.82, 2.24) is 15.2 Å². The number of rotatable bonds is 4. The predicted molar refractivity (Wildman–Crippen MR) is 66.7 cm³/mol. The molecule has 2 rings (SSSR count). The van der Waals surface area contributed by atoms with Crippen molar-refractivity contribution < 1.29 is 9.53 Å². The van der Waals surface area contributed by atoms with Crippen molar-refractivity contribution in [3.8, 4) is 0 Å². The number of pyridine rings is 1. The van der Waals surface area contributed by atoms with E-state index in [9.17, 15) is 9.59 Å². The molecule has 0 saturated carbocycles. The Balaban J connectivity index is 1.78. The highest BCUT2D eigenvalue weighted by atomic mass is 16.5. The molecule has 2 heterocycles. The van der Waals surface area contributed by atoms with Crippen LogP contribution in [-0.4, -0.2) is 55.2 Å². The molecule has 1 saturated heterocycles. The quantitative estimate of drug-likeness (QED) is 0.752. The second-order valence-electron chi connectivity index (χ2n) is 4.12. The molecular formula is C12H17N3O3. The Kier molecular flexibility index (Phi) is 4.49. The molecule has 1 aliphatic rings. The van der Waals surface area contributed by atoms with E-state index < -0.39 is 0 Å². The zero-order valence-corrected chi connectivity index (χ0v) is 10.1. The summed E-state index contributed by atoms with van der Waals surface area (Å²) >= 11 is 0. The summed E-state index contributed by atoms with van der Waals surface area (Å²) in [6.07, 6.45) is 1.51. The van der Waals surface area contributed by atoms with Gasteiger partial charge >= 0.3 is 0 Å². The molecule has 0 unspecified atom stereocenters. The smallest absolute Gasteiger partial charge is 0.260 e. The van der Waals surface area contributed by atoms with Crippen LogP contribution in [0.15, 0.2) is 23.1 Å². The third kappa shape index (κ3) is 3.41. The minimum absolute atomic E-state index is 0.152. The molecule has 0 aliphatic carbocycles. The number of carbonyl (C=O) groups excluding carboxylic acids is 1. The monoisotopic (exact) mass is 251 g/mol. The molecule has 98 valence electrons. The summed E-state index contributed by atoms with van der Waals surface area (Å²) in [4.78, 5) is 27.8. The zero-order chi connectivity index (χ0) is 12.8. The Hall–Kier alpha value is -1.66. The summed E-state index contributed by atoms with van der Waals surface area (Å²) in [5.74, 6) is -0.329. The van der Waals surface area contributed by atoms with Gasteiger partial charge in [-0.2, -0.15) is 0 Å². The van der Waals surface area contributed by atoms with E-state index in [0.29, 0.717) is 6.54 Å². The van der Waals surface area contributed by atoms with E-state index in [1.165, 1.54) is 12.3 Å². The number of hydrogen-bond acceptors (Lipinski definition) is 4. The number of aromatic nitrogens is 1. The summed E-state index contributed by atoms with van der Waals surface area (Å²) < 4.78 is 5.24. The first-order chi connectivity index (χ1) is 8.77. The molecule has 18 heavy (non-hydrogen) atoms. The molecule has 0 atom stereocenters. The number of hydrogen-bond donors (Lipinski definition) is 2. The zero-order valence-electron chi connectivity index (χ0n) is 10.1. The molecule has 1 fully saturated rings. The molecule has 6 heteroatoms. The lowest BCUT2D eigenvalue weighted by molar-refractivity contribution is 0.0383. The average molecular weight is 251 g/mol. The number of aromatic amines is 1. The van der Waals surface area contributed by atoms with Gasteiger partial charge in [-0.15, -0.1) is 0 Å². The Morgan fingerprint density at radius 1 is 1.44 bits per heavy atom. The van der Waals surface area contributed by atoms with Gasteiger partial charge in [-0.1, -0.05) is 0 Å². The summed E-state index contributed by atoms with van der Waals surface area (Å²) in [7, 11) is 0. The highest BCUT2D eigenvalue weighted by molar-refractivity contribution is 5.93. The van der Waals surface area contributed by atoms with Gasteiger partial charge in [0.15, 0.2) is 0 Å². The molecule has 0 spiro atoms. The van der Waals surface area contributed by atoms with Gasteiger partial charge in [0, 0.05) is 32.4 Å². The average Bonchev–Trinajstić information content (AvgIpc) is 2.40. The van der Waals surface area contributed by atoms with Gasteiger partial charge in [-0.05, 0) is 12.1 Å². The third-order valence-electron chi connectivity index (χ3n) is 2.88. The summed E-state index contributed by atoms with van der Waals surface area (Å²) in [6.45, 7) is 4.58. The van der Waals surface area contributed by atoms with E-state index in [4.69, 9.17) is 4.74 Å². The van der Waals surface area contributed by atoms with Crippen LogP contribution in [0.25, 0.3) is 0 Å². The number of carbonyl (C=O) groups is 1. The fraction of sp³-hybridized carbons (Fsp3) is 0.500. The Morgan fingerprint density at radius 2 is 2.22 bits per heavy atom. The summed E-state index contributed by atoms with van der Waals surface area (Å²) in [5.41, 5.74) is -0.208. The molecular weight excluding hydrogens is 234 g/mol. The highest BCUT2D eigenvalue weighted by Crippen LogP contribution is 1.95. The van der Waals surface area contributed by atoms with Crippen LogP contribution in [-0.2, 0) is 4.74 Å². The van der Waals surface area contributed by atoms with Crippen LogP contribution < -0.4 is 10.9 Å². The van der Waals surface area contributed by atoms with E-state index >= 15 is 0 Å². The Bertz CT molecular complexity index is 452. The standard InChI is InChI=1S/C12H17N3O3/c16-11-10(2-1-3-13-11)12(17)14-4-5-15-6-8-18-9-7-15/h1-3H,4-9H2,(H,13,16)(H,14,17). The summed E-state index contributed by atoms with van der Waals surface area (Å²) in [6, 6.07) is 3.15. The Labute approximate surface area is 105 Å². The normalized spacial score (nSPS) is 16.4. The highest BCUT2D eigenvalue weighted by Gasteiger charge is 2.12. The van der Waals surface area contributed by atoms with Crippen molar-refractivity contribution in [2.24, 2.45) is 0 Å². The van der Waals surface area contributed by atoms with Crippen LogP contribution in [0.3, 0.4) is 0 Å². The molecule has 0 aromatic carbocycles. The van der Waals surface area contributed by atoms with Crippen molar-refractivity contribution in [3.63, 3.8) is 0 Å². The van der Waals surface area contributed by atoms with Crippen LogP contribution in [0.1, 0.15) is 10.4 Å². The molecule has 0 bridgehead atoms. The number of ether oxygens (including phenoxy) is 1. The van der Waals surface area contributed by atoms with Gasteiger partial charge in [0.05, 0.1) is 13.2 Å². The molecule has 2 N–H and O–H groups in total. The lowest BCUT2D eigenvalue weighted by atomic mass is 10.2. The van der Waals surface area contributed by atoms with Gasteiger partial charge in [-0.25, -0.2) is 0 Å². The predicted octanol–water partition coefficient (Wildman–Crippen LogP) is -0.563. The van der Waals surface area contributed by atoms with Crippen molar-refractivity contribution in [1.29, 1.82) is 0 Å². The van der Waals surface area contributed by atoms with Gasteiger partial charge in [-0.3, -0.25) is 14.5 Å². The molecule has 1 aromatic heterocycles. The number of H-pyrrole nitrogens is 1. The van der Waals surface area contributed by atoms with E-state index in [1.54, 1.807) is 6.07 Å². The van der Waals surface area contributed by atoms with E-state index in [-0.39, 0.29) is 17.0 Å². The van der Waals surface area contributed by atoms with Crippen LogP contribution in [0.2, 0.25) is 0 Å². The first-order valence-corrected chi connectivity index (χ1v) is 6.03. The Morgan fingerprint density at radius 3 is 2.94 bits per heavy atom. The lowest BCUT2D eigenvalue weighted by Crippen LogP contribution is -2.41. The van der Waals surface area contributed by atoms with Gasteiger partial charge in [0.1, 0.15) is 5.56 Å². The first kappa shape index (κ1) is 12.8. The number of morpholine rings is 1. The second-order valence-corrected chi connectivity index (χ2v) is 4.12. The largest absolute Gasteiger partial charge is 0.379 e. The van der Waals surface area contributed by atoms with Crippen molar-refractivity contribution in [3.05, 3.63) is 34.2 Å². The maximum Gasteiger partial charge on any atom is 0.260 e.